The first-order valence-corrected chi connectivity index (χ1v) is 9.60. The zero-order valence-electron chi connectivity index (χ0n) is 17.3. The highest BCUT2D eigenvalue weighted by molar-refractivity contribution is 6.02. The highest BCUT2D eigenvalue weighted by Crippen LogP contribution is 2.30. The second-order valence-electron chi connectivity index (χ2n) is 6.43. The molecule has 2 aromatic carbocycles. The van der Waals surface area contributed by atoms with Crippen molar-refractivity contribution in [1.82, 2.24) is 0 Å². The Morgan fingerprint density at radius 2 is 1.83 bits per heavy atom. The van der Waals surface area contributed by atoms with Crippen molar-refractivity contribution in [2.24, 2.45) is 0 Å². The van der Waals surface area contributed by atoms with Crippen molar-refractivity contribution in [3.63, 3.8) is 0 Å². The van der Waals surface area contributed by atoms with E-state index in [1.165, 1.54) is 31.4 Å². The van der Waals surface area contributed by atoms with Crippen LogP contribution in [0.15, 0.2) is 42.5 Å². The molecule has 0 radical (unpaired) electrons. The summed E-state index contributed by atoms with van der Waals surface area (Å²) in [6, 6.07) is 9.40. The molecule has 1 amide bonds. The third-order valence-corrected chi connectivity index (χ3v) is 4.27. The number of carbonyl (C=O) groups is 1. The number of anilines is 1. The van der Waals surface area contributed by atoms with Crippen molar-refractivity contribution in [3.8, 4) is 17.2 Å². The Balaban J connectivity index is 2.04. The second kappa shape index (κ2) is 11.5. The van der Waals surface area contributed by atoms with Crippen LogP contribution in [0.3, 0.4) is 0 Å². The van der Waals surface area contributed by atoms with Gasteiger partial charge in [0.1, 0.15) is 5.75 Å². The van der Waals surface area contributed by atoms with Crippen LogP contribution in [0.2, 0.25) is 0 Å². The molecule has 30 heavy (non-hydrogen) atoms. The van der Waals surface area contributed by atoms with E-state index in [0.717, 1.165) is 24.8 Å². The molecular formula is C22H26N2O6. The number of carbonyl (C=O) groups excluding carboxylic acids is 1. The van der Waals surface area contributed by atoms with Crippen molar-refractivity contribution in [1.29, 1.82) is 0 Å². The lowest BCUT2D eigenvalue weighted by atomic mass is 10.2. The van der Waals surface area contributed by atoms with Crippen LogP contribution in [0, 0.1) is 10.1 Å². The van der Waals surface area contributed by atoms with Crippen molar-refractivity contribution in [3.05, 3.63) is 58.2 Å². The van der Waals surface area contributed by atoms with Gasteiger partial charge >= 0.3 is 0 Å². The van der Waals surface area contributed by atoms with Crippen LogP contribution in [0.25, 0.3) is 6.08 Å². The molecule has 8 heteroatoms. The van der Waals surface area contributed by atoms with Crippen LogP contribution < -0.4 is 19.5 Å². The number of nitro benzene ring substituents is 1. The summed E-state index contributed by atoms with van der Waals surface area (Å²) in [6.07, 6.45) is 6.21. The zero-order chi connectivity index (χ0) is 21.9. The molecule has 0 atom stereocenters. The standard InChI is InChI=1S/C22H26N2O6/c1-4-5-6-13-30-19-11-7-16(14-21(19)29-3)8-12-22(25)23-18-10-9-17(24(26)27)15-20(18)28-2/h7-12,14-15H,4-6,13H2,1-3H3,(H,23,25). The first kappa shape index (κ1) is 22.7. The first-order valence-electron chi connectivity index (χ1n) is 9.60. The molecule has 2 rings (SSSR count). The molecule has 0 spiro atoms. The summed E-state index contributed by atoms with van der Waals surface area (Å²) in [4.78, 5) is 22.6. The van der Waals surface area contributed by atoms with E-state index in [-0.39, 0.29) is 11.4 Å². The number of amides is 1. The number of hydrogen-bond acceptors (Lipinski definition) is 6. The van der Waals surface area contributed by atoms with E-state index >= 15 is 0 Å². The number of nitrogens with one attached hydrogen (secondary N) is 1. The number of rotatable bonds is 11. The summed E-state index contributed by atoms with van der Waals surface area (Å²) < 4.78 is 16.2. The van der Waals surface area contributed by atoms with Crippen molar-refractivity contribution in [2.45, 2.75) is 26.2 Å². The Bertz CT molecular complexity index is 910. The van der Waals surface area contributed by atoms with Gasteiger partial charge in [0.15, 0.2) is 11.5 Å². The van der Waals surface area contributed by atoms with Gasteiger partial charge in [-0.05, 0) is 36.3 Å². The fourth-order valence-corrected chi connectivity index (χ4v) is 2.68. The number of hydrogen-bond donors (Lipinski definition) is 1. The van der Waals surface area contributed by atoms with E-state index in [9.17, 15) is 14.9 Å². The van der Waals surface area contributed by atoms with Crippen LogP contribution in [-0.4, -0.2) is 31.7 Å². The van der Waals surface area contributed by atoms with Gasteiger partial charge in [-0.15, -0.1) is 0 Å². The van der Waals surface area contributed by atoms with Crippen molar-refractivity contribution < 1.29 is 23.9 Å². The fraction of sp³-hybridized carbons (Fsp3) is 0.318. The molecule has 8 nitrogen and oxygen atoms in total. The van der Waals surface area contributed by atoms with Gasteiger partial charge in [0.05, 0.1) is 37.5 Å². The highest BCUT2D eigenvalue weighted by atomic mass is 16.6. The van der Waals surface area contributed by atoms with Gasteiger partial charge in [-0.2, -0.15) is 0 Å². The Morgan fingerprint density at radius 1 is 1.07 bits per heavy atom. The summed E-state index contributed by atoms with van der Waals surface area (Å²) >= 11 is 0. The predicted molar refractivity (Wildman–Crippen MR) is 115 cm³/mol. The summed E-state index contributed by atoms with van der Waals surface area (Å²) in [7, 11) is 2.94. The molecule has 0 bridgehead atoms. The molecule has 0 saturated heterocycles. The molecule has 0 fully saturated rings. The molecule has 1 N–H and O–H groups in total. The van der Waals surface area contributed by atoms with E-state index in [2.05, 4.69) is 12.2 Å². The molecule has 0 aliphatic rings. The molecule has 160 valence electrons. The molecule has 0 saturated carbocycles. The van der Waals surface area contributed by atoms with E-state index in [1.54, 1.807) is 19.3 Å². The lowest BCUT2D eigenvalue weighted by Gasteiger charge is -2.11. The third-order valence-electron chi connectivity index (χ3n) is 4.27. The van der Waals surface area contributed by atoms with Crippen LogP contribution in [-0.2, 0) is 4.79 Å². The molecule has 0 aliphatic heterocycles. The number of nitrogens with zero attached hydrogens (tertiary/aromatic N) is 1. The van der Waals surface area contributed by atoms with E-state index in [4.69, 9.17) is 14.2 Å². The Labute approximate surface area is 175 Å². The third kappa shape index (κ3) is 6.51. The number of non-ortho nitro benzene ring substituents is 1. The Kier molecular flexibility index (Phi) is 8.68. The van der Waals surface area contributed by atoms with Crippen LogP contribution in [0.4, 0.5) is 11.4 Å². The van der Waals surface area contributed by atoms with Crippen molar-refractivity contribution >= 4 is 23.4 Å². The van der Waals surface area contributed by atoms with Crippen LogP contribution >= 0.6 is 0 Å². The monoisotopic (exact) mass is 414 g/mol. The minimum Gasteiger partial charge on any atom is -0.494 e. The second-order valence-corrected chi connectivity index (χ2v) is 6.43. The highest BCUT2D eigenvalue weighted by Gasteiger charge is 2.12. The number of methoxy groups -OCH3 is 2. The predicted octanol–water partition coefficient (Wildman–Crippen LogP) is 4.83. The lowest BCUT2D eigenvalue weighted by molar-refractivity contribution is -0.384. The normalized spacial score (nSPS) is 10.6. The summed E-state index contributed by atoms with van der Waals surface area (Å²) in [5, 5.41) is 13.5. The van der Waals surface area contributed by atoms with Gasteiger partial charge < -0.3 is 19.5 Å². The van der Waals surface area contributed by atoms with Crippen LogP contribution in [0.5, 0.6) is 17.2 Å². The van der Waals surface area contributed by atoms with Crippen molar-refractivity contribution in [2.75, 3.05) is 26.1 Å². The van der Waals surface area contributed by atoms with E-state index < -0.39 is 10.8 Å². The van der Waals surface area contributed by atoms with E-state index in [0.29, 0.717) is 23.8 Å². The number of ether oxygens (including phenoxy) is 3. The van der Waals surface area contributed by atoms with Gasteiger partial charge in [0, 0.05) is 12.1 Å². The molecule has 0 aromatic heterocycles. The lowest BCUT2D eigenvalue weighted by Crippen LogP contribution is -2.09. The fourth-order valence-electron chi connectivity index (χ4n) is 2.68. The average molecular weight is 414 g/mol. The topological polar surface area (TPSA) is 99.9 Å². The maximum absolute atomic E-state index is 12.3. The maximum atomic E-state index is 12.3. The zero-order valence-corrected chi connectivity index (χ0v) is 17.3. The Hall–Kier alpha value is -3.55. The average Bonchev–Trinajstić information content (AvgIpc) is 2.75. The van der Waals surface area contributed by atoms with Gasteiger partial charge in [-0.1, -0.05) is 25.8 Å². The van der Waals surface area contributed by atoms with Gasteiger partial charge in [-0.3, -0.25) is 14.9 Å². The van der Waals surface area contributed by atoms with Gasteiger partial charge in [0.25, 0.3) is 5.69 Å². The summed E-state index contributed by atoms with van der Waals surface area (Å²) in [5.41, 5.74) is 0.981. The number of benzene rings is 2. The quantitative estimate of drug-likeness (QED) is 0.245. The van der Waals surface area contributed by atoms with Gasteiger partial charge in [0.2, 0.25) is 5.91 Å². The molecule has 0 aliphatic carbocycles. The molecule has 2 aromatic rings. The SMILES string of the molecule is CCCCCOc1ccc(C=CC(=O)Nc2ccc([N+](=O)[O-])cc2OC)cc1OC. The molecule has 0 heterocycles. The number of nitro groups is 1. The smallest absolute Gasteiger partial charge is 0.273 e. The minimum atomic E-state index is -0.529. The maximum Gasteiger partial charge on any atom is 0.273 e. The largest absolute Gasteiger partial charge is 0.494 e. The minimum absolute atomic E-state index is 0.121. The van der Waals surface area contributed by atoms with Crippen LogP contribution in [0.1, 0.15) is 31.7 Å². The Morgan fingerprint density at radius 3 is 2.50 bits per heavy atom. The first-order chi connectivity index (χ1) is 14.5. The summed E-state index contributed by atoms with van der Waals surface area (Å²) in [5.74, 6) is 1.05. The molecular weight excluding hydrogens is 388 g/mol. The summed E-state index contributed by atoms with van der Waals surface area (Å²) in [6.45, 7) is 2.76. The van der Waals surface area contributed by atoms with E-state index in [1.807, 2.05) is 12.1 Å². The number of unbranched alkanes of at least 4 members (excludes halogenated alkanes) is 2. The van der Waals surface area contributed by atoms with Gasteiger partial charge in [-0.25, -0.2) is 0 Å². The molecule has 0 unspecified atom stereocenters.